The Morgan fingerprint density at radius 1 is 1.53 bits per heavy atom. The quantitative estimate of drug-likeness (QED) is 0.916. The first-order valence-electron chi connectivity index (χ1n) is 4.96. The molecule has 1 heterocycles. The zero-order chi connectivity index (χ0) is 11.5. The number of nitrogen functional groups attached to an aromatic ring is 1. The molecule has 0 radical (unpaired) electrons. The predicted octanol–water partition coefficient (Wildman–Crippen LogP) is 2.48. The smallest absolute Gasteiger partial charge is 0.162 e. The first-order chi connectivity index (χ1) is 7.03. The van der Waals surface area contributed by atoms with Crippen LogP contribution in [0.1, 0.15) is 33.0 Å². The molecule has 0 saturated heterocycles. The van der Waals surface area contributed by atoms with Crippen LogP contribution in [-0.4, -0.2) is 16.6 Å². The van der Waals surface area contributed by atoms with Crippen molar-refractivity contribution in [2.24, 2.45) is 0 Å². The maximum absolute atomic E-state index is 5.71. The largest absolute Gasteiger partial charge is 0.383 e. The molecule has 0 aliphatic carbocycles. The second kappa shape index (κ2) is 4.90. The van der Waals surface area contributed by atoms with Crippen molar-refractivity contribution in [1.82, 2.24) is 9.97 Å². The third kappa shape index (κ3) is 2.66. The van der Waals surface area contributed by atoms with Gasteiger partial charge < -0.3 is 10.5 Å². The lowest BCUT2D eigenvalue weighted by Crippen LogP contribution is -2.28. The Hall–Kier alpha value is -0.680. The molecule has 0 aromatic carbocycles. The van der Waals surface area contributed by atoms with Crippen molar-refractivity contribution in [2.45, 2.75) is 32.8 Å². The molecule has 4 nitrogen and oxygen atoms in total. The van der Waals surface area contributed by atoms with Gasteiger partial charge in [0.05, 0.1) is 4.47 Å². The minimum absolute atomic E-state index is 0.444. The number of ether oxygens (including phenoxy) is 1. The van der Waals surface area contributed by atoms with Gasteiger partial charge in [-0.25, -0.2) is 9.97 Å². The molecule has 1 unspecified atom stereocenters. The van der Waals surface area contributed by atoms with E-state index in [1.807, 2.05) is 20.8 Å². The van der Waals surface area contributed by atoms with E-state index >= 15 is 0 Å². The molecule has 0 amide bonds. The normalized spacial score (nSPS) is 14.9. The van der Waals surface area contributed by atoms with Crippen LogP contribution in [0.2, 0.25) is 0 Å². The number of hydrogen-bond acceptors (Lipinski definition) is 4. The van der Waals surface area contributed by atoms with Gasteiger partial charge in [0, 0.05) is 12.8 Å². The summed E-state index contributed by atoms with van der Waals surface area (Å²) in [5, 5.41) is 0. The molecule has 1 atom stereocenters. The summed E-state index contributed by atoms with van der Waals surface area (Å²) in [6.45, 7) is 6.59. The number of hydrogen-bond donors (Lipinski definition) is 1. The Morgan fingerprint density at radius 3 is 2.67 bits per heavy atom. The van der Waals surface area contributed by atoms with Crippen LogP contribution in [0, 0.1) is 0 Å². The van der Waals surface area contributed by atoms with Gasteiger partial charge in [-0.15, -0.1) is 0 Å². The third-order valence-electron chi connectivity index (χ3n) is 2.38. The van der Waals surface area contributed by atoms with Crippen molar-refractivity contribution < 1.29 is 4.74 Å². The SMILES string of the molecule is CCOC(C)(CC)c1ncc(Br)c(N)n1. The van der Waals surface area contributed by atoms with Crippen LogP contribution in [-0.2, 0) is 10.3 Å². The van der Waals surface area contributed by atoms with E-state index in [4.69, 9.17) is 10.5 Å². The maximum atomic E-state index is 5.71. The van der Waals surface area contributed by atoms with E-state index in [2.05, 4.69) is 25.9 Å². The van der Waals surface area contributed by atoms with Gasteiger partial charge in [0.2, 0.25) is 0 Å². The molecule has 5 heteroatoms. The van der Waals surface area contributed by atoms with Gasteiger partial charge in [-0.2, -0.15) is 0 Å². The van der Waals surface area contributed by atoms with Crippen LogP contribution in [0.5, 0.6) is 0 Å². The lowest BCUT2D eigenvalue weighted by atomic mass is 10.0. The second-order valence-electron chi connectivity index (χ2n) is 3.44. The van der Waals surface area contributed by atoms with Crippen molar-refractivity contribution in [2.75, 3.05) is 12.3 Å². The van der Waals surface area contributed by atoms with Crippen LogP contribution in [0.4, 0.5) is 5.82 Å². The molecule has 1 aromatic rings. The summed E-state index contributed by atoms with van der Waals surface area (Å²) in [5.41, 5.74) is 5.26. The van der Waals surface area contributed by atoms with Crippen molar-refractivity contribution >= 4 is 21.7 Å². The van der Waals surface area contributed by atoms with Crippen LogP contribution >= 0.6 is 15.9 Å². The summed E-state index contributed by atoms with van der Waals surface area (Å²) in [4.78, 5) is 8.47. The zero-order valence-electron chi connectivity index (χ0n) is 9.25. The summed E-state index contributed by atoms with van der Waals surface area (Å²) in [6.07, 6.45) is 2.46. The van der Waals surface area contributed by atoms with Gasteiger partial charge in [-0.05, 0) is 36.2 Å². The van der Waals surface area contributed by atoms with Gasteiger partial charge in [0.15, 0.2) is 5.82 Å². The highest BCUT2D eigenvalue weighted by atomic mass is 79.9. The van der Waals surface area contributed by atoms with Crippen molar-refractivity contribution in [1.29, 1.82) is 0 Å². The Bertz CT molecular complexity index is 345. The van der Waals surface area contributed by atoms with E-state index in [-0.39, 0.29) is 0 Å². The van der Waals surface area contributed by atoms with Crippen LogP contribution < -0.4 is 5.73 Å². The Kier molecular flexibility index (Phi) is 4.04. The molecule has 84 valence electrons. The Balaban J connectivity index is 3.07. The van der Waals surface area contributed by atoms with E-state index in [1.54, 1.807) is 6.20 Å². The fourth-order valence-electron chi connectivity index (χ4n) is 1.28. The number of nitrogens with two attached hydrogens (primary N) is 1. The number of halogens is 1. The maximum Gasteiger partial charge on any atom is 0.162 e. The highest BCUT2D eigenvalue weighted by Crippen LogP contribution is 2.27. The average molecular weight is 274 g/mol. The summed E-state index contributed by atoms with van der Waals surface area (Å²) in [5.74, 6) is 1.08. The molecule has 0 saturated carbocycles. The minimum atomic E-state index is -0.455. The van der Waals surface area contributed by atoms with Crippen molar-refractivity contribution in [3.8, 4) is 0 Å². The van der Waals surface area contributed by atoms with Gasteiger partial charge in [0.25, 0.3) is 0 Å². The lowest BCUT2D eigenvalue weighted by Gasteiger charge is -2.26. The molecule has 15 heavy (non-hydrogen) atoms. The van der Waals surface area contributed by atoms with Crippen LogP contribution in [0.15, 0.2) is 10.7 Å². The molecule has 2 N–H and O–H groups in total. The topological polar surface area (TPSA) is 61.0 Å². The van der Waals surface area contributed by atoms with Crippen molar-refractivity contribution in [3.05, 3.63) is 16.5 Å². The van der Waals surface area contributed by atoms with E-state index in [0.29, 0.717) is 22.7 Å². The summed E-state index contributed by atoms with van der Waals surface area (Å²) < 4.78 is 6.37. The highest BCUT2D eigenvalue weighted by molar-refractivity contribution is 9.10. The molecule has 1 aromatic heterocycles. The van der Waals surface area contributed by atoms with Gasteiger partial charge in [-0.3, -0.25) is 0 Å². The number of rotatable bonds is 4. The predicted molar refractivity (Wildman–Crippen MR) is 63.4 cm³/mol. The van der Waals surface area contributed by atoms with Gasteiger partial charge in [-0.1, -0.05) is 6.92 Å². The van der Waals surface area contributed by atoms with E-state index in [1.165, 1.54) is 0 Å². The highest BCUT2D eigenvalue weighted by Gasteiger charge is 2.28. The molecule has 0 fully saturated rings. The van der Waals surface area contributed by atoms with E-state index < -0.39 is 5.60 Å². The minimum Gasteiger partial charge on any atom is -0.383 e. The fourth-order valence-corrected chi connectivity index (χ4v) is 1.47. The molecule has 1 rings (SSSR count). The summed E-state index contributed by atoms with van der Waals surface area (Å²) >= 11 is 3.27. The zero-order valence-corrected chi connectivity index (χ0v) is 10.8. The third-order valence-corrected chi connectivity index (χ3v) is 2.99. The monoisotopic (exact) mass is 273 g/mol. The van der Waals surface area contributed by atoms with Crippen LogP contribution in [0.25, 0.3) is 0 Å². The first-order valence-corrected chi connectivity index (χ1v) is 5.75. The summed E-state index contributed by atoms with van der Waals surface area (Å²) in [7, 11) is 0. The average Bonchev–Trinajstić information content (AvgIpc) is 2.22. The Morgan fingerprint density at radius 2 is 2.20 bits per heavy atom. The second-order valence-corrected chi connectivity index (χ2v) is 4.30. The summed E-state index contributed by atoms with van der Waals surface area (Å²) in [6, 6.07) is 0. The fraction of sp³-hybridized carbons (Fsp3) is 0.600. The van der Waals surface area contributed by atoms with Gasteiger partial charge >= 0.3 is 0 Å². The Labute approximate surface area is 98.4 Å². The number of nitrogens with zero attached hydrogens (tertiary/aromatic N) is 2. The van der Waals surface area contributed by atoms with Crippen LogP contribution in [0.3, 0.4) is 0 Å². The molecular formula is C10H16BrN3O. The molecule has 0 aliphatic rings. The molecule has 0 bridgehead atoms. The van der Waals surface area contributed by atoms with E-state index in [0.717, 1.165) is 6.42 Å². The first kappa shape index (κ1) is 12.4. The molecule has 0 spiro atoms. The lowest BCUT2D eigenvalue weighted by molar-refractivity contribution is -0.0389. The van der Waals surface area contributed by atoms with Crippen molar-refractivity contribution in [3.63, 3.8) is 0 Å². The van der Waals surface area contributed by atoms with E-state index in [9.17, 15) is 0 Å². The number of aromatic nitrogens is 2. The molecule has 0 aliphatic heterocycles. The standard InChI is InChI=1S/C10H16BrN3O/c1-4-10(3,15-5-2)9-13-6-7(11)8(12)14-9/h6H,4-5H2,1-3H3,(H2,12,13,14). The number of anilines is 1. The van der Waals surface area contributed by atoms with Gasteiger partial charge in [0.1, 0.15) is 11.4 Å². The molecular weight excluding hydrogens is 258 g/mol.